The summed E-state index contributed by atoms with van der Waals surface area (Å²) in [5, 5.41) is 16.2. The first-order valence-electron chi connectivity index (χ1n) is 4.03. The van der Waals surface area contributed by atoms with E-state index in [-0.39, 0.29) is 10.4 Å². The average Bonchev–Trinajstić information content (AvgIpc) is 2.60. The lowest BCUT2D eigenvalue weighted by atomic mass is 10.3. The number of sulfonamides is 1. The van der Waals surface area contributed by atoms with Crippen LogP contribution in [0.1, 0.15) is 0 Å². The van der Waals surface area contributed by atoms with Crippen molar-refractivity contribution in [1.29, 1.82) is 0 Å². The summed E-state index contributed by atoms with van der Waals surface area (Å²) in [5.41, 5.74) is 0.666. The van der Waals surface area contributed by atoms with Gasteiger partial charge in [-0.1, -0.05) is 4.85 Å². The van der Waals surface area contributed by atoms with Crippen molar-refractivity contribution < 1.29 is 13.6 Å². The van der Waals surface area contributed by atoms with Gasteiger partial charge >= 0.3 is 0 Å². The van der Waals surface area contributed by atoms with Crippen LogP contribution in [0.3, 0.4) is 0 Å². The Morgan fingerprint density at radius 3 is 2.87 bits per heavy atom. The van der Waals surface area contributed by atoms with Crippen LogP contribution in [0.15, 0.2) is 23.1 Å². The lowest BCUT2D eigenvalue weighted by Gasteiger charge is -2.01. The van der Waals surface area contributed by atoms with E-state index < -0.39 is 10.0 Å². The highest BCUT2D eigenvalue weighted by atomic mass is 32.2. The number of rotatable bonds is 2. The third-order valence-corrected chi connectivity index (χ3v) is 3.39. The SMILES string of the molecule is CNS(=O)(=O)c1ccc2nnn(O)c2c1. The molecule has 2 rings (SSSR count). The summed E-state index contributed by atoms with van der Waals surface area (Å²) in [5.74, 6) is 0. The molecular weight excluding hydrogens is 220 g/mol. The maximum Gasteiger partial charge on any atom is 0.240 e. The molecule has 0 amide bonds. The quantitative estimate of drug-likeness (QED) is 0.680. The molecule has 7 nitrogen and oxygen atoms in total. The first-order valence-corrected chi connectivity index (χ1v) is 5.51. The van der Waals surface area contributed by atoms with E-state index >= 15 is 0 Å². The van der Waals surface area contributed by atoms with Crippen LogP contribution in [0.2, 0.25) is 0 Å². The molecule has 0 saturated heterocycles. The molecule has 0 atom stereocenters. The second-order valence-electron chi connectivity index (χ2n) is 2.84. The number of nitrogens with zero attached hydrogens (tertiary/aromatic N) is 3. The van der Waals surface area contributed by atoms with Crippen molar-refractivity contribution in [2.75, 3.05) is 7.05 Å². The first-order chi connectivity index (χ1) is 7.04. The Kier molecular flexibility index (Phi) is 2.09. The molecule has 80 valence electrons. The molecule has 2 aromatic rings. The van der Waals surface area contributed by atoms with Gasteiger partial charge in [0.25, 0.3) is 0 Å². The molecule has 0 aliphatic heterocycles. The normalized spacial score (nSPS) is 12.1. The minimum atomic E-state index is -3.51. The van der Waals surface area contributed by atoms with E-state index in [1.54, 1.807) is 0 Å². The number of hydrogen-bond donors (Lipinski definition) is 2. The van der Waals surface area contributed by atoms with Gasteiger partial charge in [-0.2, -0.15) is 0 Å². The smallest absolute Gasteiger partial charge is 0.240 e. The average molecular weight is 228 g/mol. The monoisotopic (exact) mass is 228 g/mol. The zero-order valence-electron chi connectivity index (χ0n) is 7.75. The van der Waals surface area contributed by atoms with Crippen molar-refractivity contribution in [3.05, 3.63) is 18.2 Å². The zero-order chi connectivity index (χ0) is 11.1. The van der Waals surface area contributed by atoms with Gasteiger partial charge in [0.05, 0.1) is 4.90 Å². The van der Waals surface area contributed by atoms with E-state index in [2.05, 4.69) is 15.0 Å². The van der Waals surface area contributed by atoms with Crippen LogP contribution in [0.5, 0.6) is 0 Å². The Morgan fingerprint density at radius 1 is 1.47 bits per heavy atom. The predicted molar refractivity (Wildman–Crippen MR) is 51.0 cm³/mol. The van der Waals surface area contributed by atoms with E-state index in [1.807, 2.05) is 0 Å². The van der Waals surface area contributed by atoms with Crippen molar-refractivity contribution in [1.82, 2.24) is 19.9 Å². The molecule has 0 aliphatic rings. The van der Waals surface area contributed by atoms with Gasteiger partial charge in [0.2, 0.25) is 10.0 Å². The van der Waals surface area contributed by atoms with Gasteiger partial charge in [0.1, 0.15) is 11.0 Å². The minimum absolute atomic E-state index is 0.0510. The van der Waals surface area contributed by atoms with Crippen molar-refractivity contribution >= 4 is 21.1 Å². The van der Waals surface area contributed by atoms with Gasteiger partial charge in [-0.25, -0.2) is 13.1 Å². The first kappa shape index (κ1) is 9.87. The Labute approximate surface area is 85.3 Å². The highest BCUT2D eigenvalue weighted by Crippen LogP contribution is 2.15. The van der Waals surface area contributed by atoms with Crippen molar-refractivity contribution in [2.45, 2.75) is 4.90 Å². The molecule has 1 heterocycles. The van der Waals surface area contributed by atoms with Gasteiger partial charge in [-0.3, -0.25) is 0 Å². The Morgan fingerprint density at radius 2 is 2.20 bits per heavy atom. The van der Waals surface area contributed by atoms with E-state index in [0.717, 1.165) is 0 Å². The number of aromatic nitrogens is 3. The van der Waals surface area contributed by atoms with Crippen LogP contribution in [-0.4, -0.2) is 35.8 Å². The van der Waals surface area contributed by atoms with E-state index in [4.69, 9.17) is 0 Å². The molecule has 0 aliphatic carbocycles. The summed E-state index contributed by atoms with van der Waals surface area (Å²) in [7, 11) is -2.20. The summed E-state index contributed by atoms with van der Waals surface area (Å²) in [4.78, 5) is 0.583. The van der Waals surface area contributed by atoms with Crippen molar-refractivity contribution in [3.63, 3.8) is 0 Å². The molecule has 1 aromatic carbocycles. The second kappa shape index (κ2) is 3.17. The summed E-state index contributed by atoms with van der Waals surface area (Å²) < 4.78 is 25.0. The summed E-state index contributed by atoms with van der Waals surface area (Å²) in [6, 6.07) is 4.16. The molecule has 0 radical (unpaired) electrons. The molecule has 15 heavy (non-hydrogen) atoms. The van der Waals surface area contributed by atoms with E-state index in [9.17, 15) is 13.6 Å². The van der Waals surface area contributed by atoms with Gasteiger partial charge < -0.3 is 5.21 Å². The second-order valence-corrected chi connectivity index (χ2v) is 4.72. The fraction of sp³-hybridized carbons (Fsp3) is 0.143. The number of nitrogens with one attached hydrogen (secondary N) is 1. The molecule has 1 aromatic heterocycles. The third-order valence-electron chi connectivity index (χ3n) is 1.98. The topological polar surface area (TPSA) is 97.1 Å². The number of hydrogen-bond acceptors (Lipinski definition) is 5. The van der Waals surface area contributed by atoms with Crippen LogP contribution in [0.25, 0.3) is 11.0 Å². The molecule has 8 heteroatoms. The highest BCUT2D eigenvalue weighted by molar-refractivity contribution is 7.89. The third kappa shape index (κ3) is 1.53. The highest BCUT2D eigenvalue weighted by Gasteiger charge is 2.13. The van der Waals surface area contributed by atoms with Gasteiger partial charge in [0, 0.05) is 0 Å². The Balaban J connectivity index is 2.70. The Bertz CT molecular complexity index is 604. The van der Waals surface area contributed by atoms with Gasteiger partial charge in [0.15, 0.2) is 0 Å². The van der Waals surface area contributed by atoms with Crippen LogP contribution in [0, 0.1) is 0 Å². The predicted octanol–water partition coefficient (Wildman–Crippen LogP) is -0.423. The number of fused-ring (bicyclic) bond motifs is 1. The lowest BCUT2D eigenvalue weighted by molar-refractivity contribution is 0.154. The minimum Gasteiger partial charge on any atom is -0.410 e. The van der Waals surface area contributed by atoms with Crippen LogP contribution in [0.4, 0.5) is 0 Å². The number of benzene rings is 1. The van der Waals surface area contributed by atoms with Gasteiger partial charge in [-0.05, 0) is 30.5 Å². The maximum absolute atomic E-state index is 11.4. The summed E-state index contributed by atoms with van der Waals surface area (Å²) >= 11 is 0. The molecule has 0 saturated carbocycles. The molecular formula is C7H8N4O3S. The summed E-state index contributed by atoms with van der Waals surface area (Å²) in [6.45, 7) is 0. The summed E-state index contributed by atoms with van der Waals surface area (Å²) in [6.07, 6.45) is 0. The maximum atomic E-state index is 11.4. The fourth-order valence-electron chi connectivity index (χ4n) is 1.17. The van der Waals surface area contributed by atoms with Crippen LogP contribution < -0.4 is 4.72 Å². The van der Waals surface area contributed by atoms with E-state index in [0.29, 0.717) is 10.4 Å². The van der Waals surface area contributed by atoms with Crippen LogP contribution >= 0.6 is 0 Å². The molecule has 0 bridgehead atoms. The van der Waals surface area contributed by atoms with E-state index in [1.165, 1.54) is 25.2 Å². The van der Waals surface area contributed by atoms with Crippen molar-refractivity contribution in [3.8, 4) is 0 Å². The van der Waals surface area contributed by atoms with Gasteiger partial charge in [-0.15, -0.1) is 5.10 Å². The fourth-order valence-corrected chi connectivity index (χ4v) is 1.92. The molecule has 0 fully saturated rings. The standard InChI is InChI=1S/C7H8N4O3S/c1-8-15(13,14)5-2-3-6-7(4-5)11(12)10-9-6/h2-4,8,12H,1H3. The van der Waals surface area contributed by atoms with Crippen molar-refractivity contribution in [2.24, 2.45) is 0 Å². The molecule has 0 spiro atoms. The molecule has 2 N–H and O–H groups in total. The lowest BCUT2D eigenvalue weighted by Crippen LogP contribution is -2.18. The van der Waals surface area contributed by atoms with Crippen LogP contribution in [-0.2, 0) is 10.0 Å². The Hall–Kier alpha value is -1.67. The zero-order valence-corrected chi connectivity index (χ0v) is 8.56. The molecule has 0 unspecified atom stereocenters. The largest absolute Gasteiger partial charge is 0.410 e.